The predicted octanol–water partition coefficient (Wildman–Crippen LogP) is 7.04. The fraction of sp³-hybridized carbons (Fsp3) is 0.222. The summed E-state index contributed by atoms with van der Waals surface area (Å²) >= 11 is 4.85. The van der Waals surface area contributed by atoms with E-state index in [1.54, 1.807) is 25.1 Å². The van der Waals surface area contributed by atoms with Gasteiger partial charge in [0, 0.05) is 15.9 Å². The SMILES string of the molecule is CC(=O)Oc1ccc(Br)cc1C.CC(=O)c1cc(Br)cc(C)c1O.[Cl][Al]([Cl])[Cl]. The van der Waals surface area contributed by atoms with Gasteiger partial charge in [-0.05, 0) is 62.2 Å². The highest BCUT2D eigenvalue weighted by Crippen LogP contribution is 2.26. The molecule has 4 nitrogen and oxygen atoms in total. The van der Waals surface area contributed by atoms with Gasteiger partial charge in [0.15, 0.2) is 5.78 Å². The molecule has 0 fully saturated rings. The molecule has 2 aromatic rings. The van der Waals surface area contributed by atoms with Crippen molar-refractivity contribution in [2.24, 2.45) is 0 Å². The van der Waals surface area contributed by atoms with Crippen LogP contribution in [0.3, 0.4) is 0 Å². The molecular weight excluding hydrogens is 573 g/mol. The number of aromatic hydroxyl groups is 1. The topological polar surface area (TPSA) is 63.6 Å². The van der Waals surface area contributed by atoms with Gasteiger partial charge in [-0.15, -0.1) is 0 Å². The molecule has 10 heteroatoms. The molecular formula is C18H18AlBr2Cl3O4. The van der Waals surface area contributed by atoms with Crippen molar-refractivity contribution in [1.82, 2.24) is 0 Å². The van der Waals surface area contributed by atoms with Gasteiger partial charge in [-0.25, -0.2) is 30.1 Å². The molecule has 0 bridgehead atoms. The lowest BCUT2D eigenvalue weighted by molar-refractivity contribution is -0.131. The van der Waals surface area contributed by atoms with Gasteiger partial charge in [0.05, 0.1) is 5.56 Å². The molecule has 0 radical (unpaired) electrons. The second-order valence-corrected chi connectivity index (χ2v) is 13.7. The Morgan fingerprint density at radius 1 is 0.964 bits per heavy atom. The lowest BCUT2D eigenvalue weighted by Crippen LogP contribution is -2.02. The van der Waals surface area contributed by atoms with Gasteiger partial charge in [-0.1, -0.05) is 31.9 Å². The molecule has 2 rings (SSSR count). The zero-order valence-electron chi connectivity index (χ0n) is 15.5. The highest BCUT2D eigenvalue weighted by atomic mass is 79.9. The number of phenols is 1. The van der Waals surface area contributed by atoms with Crippen LogP contribution in [0, 0.1) is 13.8 Å². The standard InChI is InChI=1S/2C9H9BrO2.Al.3ClH/c1-5-3-7(10)4-8(6(2)11)9(5)12;1-6-5-8(10)3-4-9(6)12-7(2)11;;;;/h3-4,12H,1-2H3;3-5H,1-2H3;;3*1H/q;;+3;;;/p-3. The van der Waals surface area contributed by atoms with Crippen LogP contribution in [0.2, 0.25) is 0 Å². The fourth-order valence-electron chi connectivity index (χ4n) is 1.89. The van der Waals surface area contributed by atoms with Gasteiger partial charge in [0.2, 0.25) is 0 Å². The van der Waals surface area contributed by atoms with Crippen molar-refractivity contribution < 1.29 is 19.4 Å². The molecule has 0 aliphatic carbocycles. The lowest BCUT2D eigenvalue weighted by atomic mass is 10.1. The van der Waals surface area contributed by atoms with Gasteiger partial charge in [-0.2, -0.15) is 0 Å². The Balaban J connectivity index is 0.000000439. The van der Waals surface area contributed by atoms with Crippen molar-refractivity contribution in [2.75, 3.05) is 0 Å². The number of rotatable bonds is 2. The molecule has 0 aromatic heterocycles. The van der Waals surface area contributed by atoms with Gasteiger partial charge >= 0.3 is 17.4 Å². The molecule has 28 heavy (non-hydrogen) atoms. The molecule has 152 valence electrons. The molecule has 0 saturated heterocycles. The summed E-state index contributed by atoms with van der Waals surface area (Å²) < 4.78 is 6.73. The average molecular weight is 591 g/mol. The first-order valence-corrected chi connectivity index (χ1v) is 14.5. The van der Waals surface area contributed by atoms with E-state index in [0.717, 1.165) is 14.5 Å². The van der Waals surface area contributed by atoms with Crippen molar-refractivity contribution in [3.63, 3.8) is 0 Å². The number of phenolic OH excluding ortho intramolecular Hbond substituents is 1. The summed E-state index contributed by atoms with van der Waals surface area (Å²) in [4.78, 5) is 21.6. The van der Waals surface area contributed by atoms with Crippen LogP contribution in [0.4, 0.5) is 0 Å². The third-order valence-electron chi connectivity index (χ3n) is 3.04. The summed E-state index contributed by atoms with van der Waals surface area (Å²) in [6, 6.07) is 8.89. The molecule has 0 aliphatic rings. The number of ketones is 1. The quantitative estimate of drug-likeness (QED) is 0.176. The third-order valence-corrected chi connectivity index (χ3v) is 3.99. The van der Waals surface area contributed by atoms with Crippen LogP contribution in [0.1, 0.15) is 35.3 Å². The molecule has 0 saturated carbocycles. The Hall–Kier alpha value is -0.258. The second-order valence-electron chi connectivity index (χ2n) is 5.43. The van der Waals surface area contributed by atoms with E-state index in [9.17, 15) is 14.7 Å². The molecule has 0 atom stereocenters. The van der Waals surface area contributed by atoms with Gasteiger partial charge in [0.1, 0.15) is 11.5 Å². The Kier molecular flexibility index (Phi) is 13.7. The molecule has 2 aromatic carbocycles. The summed E-state index contributed by atoms with van der Waals surface area (Å²) in [5, 5.41) is 9.45. The average Bonchev–Trinajstić information content (AvgIpc) is 2.53. The van der Waals surface area contributed by atoms with Crippen molar-refractivity contribution in [3.05, 3.63) is 56.0 Å². The minimum atomic E-state index is -1.72. The largest absolute Gasteiger partial charge is 0.643 e. The normalized spacial score (nSPS) is 9.32. The van der Waals surface area contributed by atoms with Crippen LogP contribution in [0.25, 0.3) is 0 Å². The maximum absolute atomic E-state index is 11.0. The van der Waals surface area contributed by atoms with E-state index >= 15 is 0 Å². The maximum Gasteiger partial charge on any atom is 0.643 e. The van der Waals surface area contributed by atoms with Crippen molar-refractivity contribution in [2.45, 2.75) is 27.7 Å². The van der Waals surface area contributed by atoms with Gasteiger partial charge < -0.3 is 9.84 Å². The first kappa shape index (κ1) is 27.7. The van der Waals surface area contributed by atoms with E-state index in [-0.39, 0.29) is 17.5 Å². The monoisotopic (exact) mass is 588 g/mol. The molecule has 1 N–H and O–H groups in total. The van der Waals surface area contributed by atoms with E-state index in [1.807, 2.05) is 19.1 Å². The number of aryl methyl sites for hydroxylation is 2. The molecule has 0 unspecified atom stereocenters. The number of hydrogen-bond acceptors (Lipinski definition) is 4. The summed E-state index contributed by atoms with van der Waals surface area (Å²) in [5.74, 6) is 0.272. The van der Waals surface area contributed by atoms with Crippen molar-refractivity contribution >= 4 is 85.1 Å². The number of carbonyl (C=O) groups excluding carboxylic acids is 2. The summed E-state index contributed by atoms with van der Waals surface area (Å²) in [7, 11) is 14.8. The van der Waals surface area contributed by atoms with Gasteiger partial charge in [-0.3, -0.25) is 9.59 Å². The molecule has 0 aliphatic heterocycles. The summed E-state index contributed by atoms with van der Waals surface area (Å²) in [6.07, 6.45) is 0. The molecule has 0 spiro atoms. The van der Waals surface area contributed by atoms with E-state index in [2.05, 4.69) is 31.9 Å². The van der Waals surface area contributed by atoms with Crippen LogP contribution < -0.4 is 4.74 Å². The second kappa shape index (κ2) is 13.9. The minimum Gasteiger partial charge on any atom is -0.507 e. The first-order chi connectivity index (χ1) is 12.8. The Bertz CT molecular complexity index is 830. The van der Waals surface area contributed by atoms with Gasteiger partial charge in [0.25, 0.3) is 0 Å². The van der Waals surface area contributed by atoms with Crippen LogP contribution in [0.5, 0.6) is 11.5 Å². The van der Waals surface area contributed by atoms with E-state index in [4.69, 9.17) is 34.9 Å². The first-order valence-electron chi connectivity index (χ1n) is 7.72. The zero-order valence-corrected chi connectivity index (χ0v) is 22.1. The maximum atomic E-state index is 11.0. The van der Waals surface area contributed by atoms with Crippen molar-refractivity contribution in [3.8, 4) is 11.5 Å². The predicted molar refractivity (Wildman–Crippen MR) is 124 cm³/mol. The Morgan fingerprint density at radius 2 is 1.46 bits per heavy atom. The smallest absolute Gasteiger partial charge is 0.507 e. The number of carbonyl (C=O) groups is 2. The summed E-state index contributed by atoms with van der Waals surface area (Å²) in [6.45, 7) is 6.47. The van der Waals surface area contributed by atoms with Crippen LogP contribution >= 0.6 is 62.0 Å². The highest BCUT2D eigenvalue weighted by Gasteiger charge is 2.09. The highest BCUT2D eigenvalue weighted by molar-refractivity contribution is 9.10. The molecule has 0 heterocycles. The van der Waals surface area contributed by atoms with Crippen LogP contribution in [0.15, 0.2) is 39.3 Å². The number of ether oxygens (including phenoxy) is 1. The van der Waals surface area contributed by atoms with Crippen LogP contribution in [-0.4, -0.2) is 28.2 Å². The third kappa shape index (κ3) is 11.7. The number of halogens is 5. The van der Waals surface area contributed by atoms with E-state index in [1.165, 1.54) is 13.8 Å². The van der Waals surface area contributed by atoms with E-state index in [0.29, 0.717) is 16.9 Å². The Morgan fingerprint density at radius 3 is 1.89 bits per heavy atom. The van der Waals surface area contributed by atoms with Crippen LogP contribution in [-0.2, 0) is 4.79 Å². The number of esters is 1. The zero-order chi connectivity index (χ0) is 22.0. The number of hydrogen-bond donors (Lipinski definition) is 1. The minimum absolute atomic E-state index is 0.0747. The lowest BCUT2D eigenvalue weighted by Gasteiger charge is -2.04. The number of Topliss-reactive ketones (excluding diaryl/α,β-unsaturated/α-hetero) is 1. The molecule has 0 amide bonds. The fourth-order valence-corrected chi connectivity index (χ4v) is 2.93. The number of benzene rings is 2. The summed E-state index contributed by atoms with van der Waals surface area (Å²) in [5.41, 5.74) is 2.01. The van der Waals surface area contributed by atoms with Crippen molar-refractivity contribution in [1.29, 1.82) is 0 Å². The Labute approximate surface area is 198 Å². The van der Waals surface area contributed by atoms with E-state index < -0.39 is 11.4 Å².